The molecule has 0 radical (unpaired) electrons. The van der Waals surface area contributed by atoms with Crippen molar-refractivity contribution in [3.63, 3.8) is 0 Å². The molecular formula is C23H38N6O4. The first kappa shape index (κ1) is 24.1. The van der Waals surface area contributed by atoms with Gasteiger partial charge in [0.2, 0.25) is 11.8 Å². The van der Waals surface area contributed by atoms with Crippen LogP contribution in [0.4, 0.5) is 0 Å². The van der Waals surface area contributed by atoms with Crippen LogP contribution in [0.2, 0.25) is 0 Å². The molecule has 1 aromatic heterocycles. The second-order valence-corrected chi connectivity index (χ2v) is 11.3. The summed E-state index contributed by atoms with van der Waals surface area (Å²) in [4.78, 5) is 30.6. The highest BCUT2D eigenvalue weighted by Crippen LogP contribution is 2.40. The highest BCUT2D eigenvalue weighted by atomic mass is 16.3. The second kappa shape index (κ2) is 8.96. The number of nitrogens with one attached hydrogen (secondary N) is 1. The molecule has 1 aliphatic carbocycles. The van der Waals surface area contributed by atoms with Gasteiger partial charge in [-0.3, -0.25) is 14.5 Å². The maximum absolute atomic E-state index is 13.8. The second-order valence-electron chi connectivity index (χ2n) is 11.3. The summed E-state index contributed by atoms with van der Waals surface area (Å²) in [5, 5.41) is 32.3. The van der Waals surface area contributed by atoms with Crippen LogP contribution in [-0.2, 0) is 9.59 Å². The van der Waals surface area contributed by atoms with Crippen molar-refractivity contribution in [2.75, 3.05) is 19.6 Å². The van der Waals surface area contributed by atoms with Crippen LogP contribution in [0.5, 0.6) is 0 Å². The number of hydrogen-bond acceptors (Lipinski definition) is 7. The van der Waals surface area contributed by atoms with Crippen molar-refractivity contribution in [1.82, 2.24) is 30.1 Å². The molecule has 3 N–H and O–H groups in total. The molecule has 2 saturated heterocycles. The lowest BCUT2D eigenvalue weighted by atomic mass is 9.85. The molecular weight excluding hydrogens is 424 g/mol. The molecule has 0 unspecified atom stereocenters. The van der Waals surface area contributed by atoms with Crippen LogP contribution in [0, 0.1) is 5.41 Å². The Bertz CT molecular complexity index is 877. The van der Waals surface area contributed by atoms with Gasteiger partial charge in [-0.25, -0.2) is 4.68 Å². The summed E-state index contributed by atoms with van der Waals surface area (Å²) in [5.74, 6) is -0.161. The van der Waals surface area contributed by atoms with E-state index in [0.29, 0.717) is 19.0 Å². The lowest BCUT2D eigenvalue weighted by molar-refractivity contribution is -0.144. The van der Waals surface area contributed by atoms with Crippen molar-refractivity contribution in [2.24, 2.45) is 5.41 Å². The molecule has 5 atom stereocenters. The van der Waals surface area contributed by atoms with E-state index in [1.807, 2.05) is 27.0 Å². The SMILES string of the molecule is CC(C)N1C[C@@H](O)[C@H](NC(=O)[C@@H]2C[C@@H](O)CN2C(=O)[C@@H](n2cc(C3CC3)nn2)C(C)(C)C)C1. The highest BCUT2D eigenvalue weighted by molar-refractivity contribution is 5.90. The molecule has 3 aliphatic rings. The lowest BCUT2D eigenvalue weighted by Crippen LogP contribution is -2.53. The van der Waals surface area contributed by atoms with Crippen LogP contribution in [0.1, 0.15) is 71.5 Å². The zero-order valence-corrected chi connectivity index (χ0v) is 20.3. The molecule has 10 heteroatoms. The van der Waals surface area contributed by atoms with E-state index in [1.165, 1.54) is 4.90 Å². The summed E-state index contributed by atoms with van der Waals surface area (Å²) < 4.78 is 1.62. The first-order chi connectivity index (χ1) is 15.5. The van der Waals surface area contributed by atoms with Gasteiger partial charge < -0.3 is 20.4 Å². The fourth-order valence-corrected chi connectivity index (χ4v) is 4.98. The van der Waals surface area contributed by atoms with E-state index in [2.05, 4.69) is 34.4 Å². The summed E-state index contributed by atoms with van der Waals surface area (Å²) >= 11 is 0. The van der Waals surface area contributed by atoms with E-state index in [-0.39, 0.29) is 30.8 Å². The van der Waals surface area contributed by atoms with E-state index < -0.39 is 35.7 Å². The Morgan fingerprint density at radius 3 is 2.42 bits per heavy atom. The molecule has 2 aliphatic heterocycles. The molecule has 10 nitrogen and oxygen atoms in total. The fraction of sp³-hybridized carbons (Fsp3) is 0.826. The first-order valence-electron chi connectivity index (χ1n) is 12.1. The van der Waals surface area contributed by atoms with Gasteiger partial charge in [-0.15, -0.1) is 5.10 Å². The average molecular weight is 463 g/mol. The molecule has 2 amide bonds. The van der Waals surface area contributed by atoms with E-state index >= 15 is 0 Å². The fourth-order valence-electron chi connectivity index (χ4n) is 4.98. The normalized spacial score (nSPS) is 29.6. The van der Waals surface area contributed by atoms with Gasteiger partial charge in [0.1, 0.15) is 12.1 Å². The predicted molar refractivity (Wildman–Crippen MR) is 121 cm³/mol. The number of rotatable bonds is 6. The van der Waals surface area contributed by atoms with Crippen molar-refractivity contribution >= 4 is 11.8 Å². The Hall–Kier alpha value is -2.04. The highest BCUT2D eigenvalue weighted by Gasteiger charge is 2.46. The summed E-state index contributed by atoms with van der Waals surface area (Å²) in [6, 6.07) is -1.57. The topological polar surface area (TPSA) is 124 Å². The van der Waals surface area contributed by atoms with Crippen LogP contribution >= 0.6 is 0 Å². The Kier molecular flexibility index (Phi) is 6.54. The van der Waals surface area contributed by atoms with Crippen LogP contribution in [0.3, 0.4) is 0 Å². The quantitative estimate of drug-likeness (QED) is 0.555. The maximum Gasteiger partial charge on any atom is 0.248 e. The minimum absolute atomic E-state index is 0.0962. The molecule has 3 heterocycles. The Labute approximate surface area is 195 Å². The summed E-state index contributed by atoms with van der Waals surface area (Å²) in [6.07, 6.45) is 2.77. The summed E-state index contributed by atoms with van der Waals surface area (Å²) in [5.41, 5.74) is 0.428. The van der Waals surface area contributed by atoms with Gasteiger partial charge in [0, 0.05) is 44.2 Å². The number of likely N-dealkylation sites (tertiary alicyclic amines) is 2. The number of carbonyl (C=O) groups is 2. The largest absolute Gasteiger partial charge is 0.391 e. The molecule has 1 saturated carbocycles. The zero-order valence-electron chi connectivity index (χ0n) is 20.3. The van der Waals surface area contributed by atoms with Gasteiger partial charge in [0.05, 0.1) is 23.9 Å². The van der Waals surface area contributed by atoms with E-state index in [4.69, 9.17) is 0 Å². The van der Waals surface area contributed by atoms with E-state index in [0.717, 1.165) is 18.5 Å². The van der Waals surface area contributed by atoms with Gasteiger partial charge in [-0.05, 0) is 32.1 Å². The van der Waals surface area contributed by atoms with Gasteiger partial charge in [-0.2, -0.15) is 0 Å². The number of β-amino-alcohol motifs (C(OH)–C–C–N with tert-alkyl or cyclic N) is 2. The monoisotopic (exact) mass is 462 g/mol. The van der Waals surface area contributed by atoms with E-state index in [1.54, 1.807) is 4.68 Å². The van der Waals surface area contributed by atoms with Gasteiger partial charge in [0.15, 0.2) is 0 Å². The smallest absolute Gasteiger partial charge is 0.248 e. The lowest BCUT2D eigenvalue weighted by Gasteiger charge is -2.35. The summed E-state index contributed by atoms with van der Waals surface area (Å²) in [6.45, 7) is 11.1. The van der Waals surface area contributed by atoms with Gasteiger partial charge in [-0.1, -0.05) is 26.0 Å². The van der Waals surface area contributed by atoms with Crippen LogP contribution in [0.15, 0.2) is 6.20 Å². The number of aromatic nitrogens is 3. The molecule has 0 bridgehead atoms. The molecule has 4 rings (SSSR count). The third-order valence-corrected chi connectivity index (χ3v) is 7.08. The maximum atomic E-state index is 13.8. The standard InChI is InChI=1S/C23H38N6O4/c1-13(2)27-10-17(19(31)12-27)24-21(32)18-8-15(30)9-28(18)22(33)20(23(3,4)5)29-11-16(25-26-29)14-6-7-14/h11,13-15,17-20,30-31H,6-10,12H2,1-5H3,(H,24,32)/t15-,17-,18+,19-,20-/m1/s1. The van der Waals surface area contributed by atoms with Gasteiger partial charge in [0.25, 0.3) is 0 Å². The summed E-state index contributed by atoms with van der Waals surface area (Å²) in [7, 11) is 0. The van der Waals surface area contributed by atoms with Crippen molar-refractivity contribution in [3.8, 4) is 0 Å². The van der Waals surface area contributed by atoms with Crippen LogP contribution in [0.25, 0.3) is 0 Å². The molecule has 3 fully saturated rings. The molecule has 184 valence electrons. The Morgan fingerprint density at radius 1 is 1.15 bits per heavy atom. The average Bonchev–Trinajstić information content (AvgIpc) is 3.13. The Morgan fingerprint density at radius 2 is 1.85 bits per heavy atom. The number of hydrogen-bond donors (Lipinski definition) is 3. The van der Waals surface area contributed by atoms with Crippen molar-refractivity contribution < 1.29 is 19.8 Å². The van der Waals surface area contributed by atoms with Crippen LogP contribution in [-0.4, -0.2) is 96.8 Å². The number of amides is 2. The molecule has 1 aromatic rings. The number of nitrogens with zero attached hydrogens (tertiary/aromatic N) is 5. The zero-order chi connectivity index (χ0) is 24.1. The first-order valence-corrected chi connectivity index (χ1v) is 12.1. The van der Waals surface area contributed by atoms with E-state index in [9.17, 15) is 19.8 Å². The number of carbonyl (C=O) groups excluding carboxylic acids is 2. The molecule has 0 aromatic carbocycles. The third-order valence-electron chi connectivity index (χ3n) is 7.08. The van der Waals surface area contributed by atoms with Crippen molar-refractivity contribution in [3.05, 3.63) is 11.9 Å². The third kappa shape index (κ3) is 5.07. The van der Waals surface area contributed by atoms with Crippen LogP contribution < -0.4 is 5.32 Å². The molecule has 33 heavy (non-hydrogen) atoms. The Balaban J connectivity index is 1.51. The minimum Gasteiger partial charge on any atom is -0.391 e. The van der Waals surface area contributed by atoms with Gasteiger partial charge >= 0.3 is 0 Å². The van der Waals surface area contributed by atoms with Crippen molar-refractivity contribution in [2.45, 2.75) is 96.2 Å². The molecule has 0 spiro atoms. The van der Waals surface area contributed by atoms with Crippen molar-refractivity contribution in [1.29, 1.82) is 0 Å². The minimum atomic E-state index is -0.788. The predicted octanol–water partition coefficient (Wildman–Crippen LogP) is 0.274. The number of aliphatic hydroxyl groups is 2. The number of aliphatic hydroxyl groups excluding tert-OH is 2.